The van der Waals surface area contributed by atoms with Crippen LogP contribution in [-0.4, -0.2) is 32.6 Å². The number of aliphatic carboxylic acids is 1. The summed E-state index contributed by atoms with van der Waals surface area (Å²) in [5.41, 5.74) is 1.99. The number of nitrogens with one attached hydrogen (secondary N) is 2. The molecule has 0 bridgehead atoms. The van der Waals surface area contributed by atoms with E-state index in [9.17, 15) is 17.6 Å². The Hall–Kier alpha value is -2.49. The maximum absolute atomic E-state index is 14.0. The monoisotopic (exact) mass is 450 g/mol. The van der Waals surface area contributed by atoms with Gasteiger partial charge in [0.1, 0.15) is 0 Å². The van der Waals surface area contributed by atoms with E-state index >= 15 is 0 Å². The Kier molecular flexibility index (Phi) is 7.64. The van der Waals surface area contributed by atoms with Crippen molar-refractivity contribution in [3.63, 3.8) is 0 Å². The van der Waals surface area contributed by atoms with Gasteiger partial charge in [-0.3, -0.25) is 4.79 Å². The highest BCUT2D eigenvalue weighted by atomic mass is 32.2. The highest BCUT2D eigenvalue weighted by Gasteiger charge is 2.23. The van der Waals surface area contributed by atoms with E-state index in [1.807, 2.05) is 0 Å². The highest BCUT2D eigenvalue weighted by molar-refractivity contribution is 7.88. The van der Waals surface area contributed by atoms with Crippen molar-refractivity contribution in [1.29, 1.82) is 0 Å². The molecule has 0 radical (unpaired) electrons. The molecule has 3 rings (SSSR count). The van der Waals surface area contributed by atoms with Gasteiger partial charge in [-0.05, 0) is 54.5 Å². The van der Waals surface area contributed by atoms with Gasteiger partial charge in [-0.15, -0.1) is 0 Å². The molecule has 0 amide bonds. The summed E-state index contributed by atoms with van der Waals surface area (Å²) in [5.74, 6) is -1.03. The van der Waals surface area contributed by atoms with E-state index in [1.54, 1.807) is 43.3 Å². The summed E-state index contributed by atoms with van der Waals surface area (Å²) < 4.78 is 47.5. The zero-order valence-corrected chi connectivity index (χ0v) is 18.1. The molecule has 2 aromatic rings. The van der Waals surface area contributed by atoms with E-state index < -0.39 is 27.9 Å². The Bertz CT molecular complexity index is 1020. The average molecular weight is 451 g/mol. The predicted octanol–water partition coefficient (Wildman–Crippen LogP) is 2.97. The highest BCUT2D eigenvalue weighted by Crippen LogP contribution is 2.31. The molecule has 0 heterocycles. The van der Waals surface area contributed by atoms with Crippen molar-refractivity contribution >= 4 is 16.0 Å². The minimum atomic E-state index is -3.67. The molecule has 7 nitrogen and oxygen atoms in total. The standard InChI is InChI=1S/C22H27FN2O5S/c1-15(19-7-8-20(23)21(10-19)30-13-16-5-6-16)25-31(28,29)14-18-4-2-3-17(9-18)11-24-12-22(26)27/h2-4,7-10,15-16,24-25H,5-6,11-14H2,1H3,(H,26,27)/t15-/m1/s1. The molecule has 9 heteroatoms. The molecule has 1 atom stereocenters. The third-order valence-corrected chi connectivity index (χ3v) is 6.36. The molecular formula is C22H27FN2O5S. The van der Waals surface area contributed by atoms with Crippen LogP contribution in [0.25, 0.3) is 0 Å². The zero-order chi connectivity index (χ0) is 22.4. The Morgan fingerprint density at radius 3 is 2.68 bits per heavy atom. The maximum atomic E-state index is 14.0. The van der Waals surface area contributed by atoms with E-state index in [4.69, 9.17) is 9.84 Å². The molecule has 0 spiro atoms. The molecule has 1 saturated carbocycles. The molecular weight excluding hydrogens is 423 g/mol. The van der Waals surface area contributed by atoms with Gasteiger partial charge >= 0.3 is 5.97 Å². The number of halogens is 1. The molecule has 0 saturated heterocycles. The van der Waals surface area contributed by atoms with Crippen LogP contribution >= 0.6 is 0 Å². The summed E-state index contributed by atoms with van der Waals surface area (Å²) in [6.07, 6.45) is 2.18. The van der Waals surface area contributed by atoms with Crippen molar-refractivity contribution < 1.29 is 27.4 Å². The minimum absolute atomic E-state index is 0.136. The Labute approximate surface area is 181 Å². The van der Waals surface area contributed by atoms with Crippen molar-refractivity contribution in [2.75, 3.05) is 13.2 Å². The maximum Gasteiger partial charge on any atom is 0.317 e. The quantitative estimate of drug-likeness (QED) is 0.459. The Morgan fingerprint density at radius 1 is 1.23 bits per heavy atom. The first-order chi connectivity index (χ1) is 14.7. The van der Waals surface area contributed by atoms with E-state index in [0.29, 0.717) is 30.2 Å². The van der Waals surface area contributed by atoms with Crippen molar-refractivity contribution in [3.8, 4) is 5.75 Å². The summed E-state index contributed by atoms with van der Waals surface area (Å²) in [6, 6.07) is 10.8. The lowest BCUT2D eigenvalue weighted by Crippen LogP contribution is -2.28. The van der Waals surface area contributed by atoms with E-state index in [1.165, 1.54) is 6.07 Å². The lowest BCUT2D eigenvalue weighted by molar-refractivity contribution is -0.136. The molecule has 168 valence electrons. The number of benzene rings is 2. The molecule has 0 aliphatic heterocycles. The number of hydrogen-bond donors (Lipinski definition) is 3. The van der Waals surface area contributed by atoms with Crippen molar-refractivity contribution in [3.05, 3.63) is 65.0 Å². The van der Waals surface area contributed by atoms with Gasteiger partial charge in [-0.1, -0.05) is 30.3 Å². The second-order valence-electron chi connectivity index (χ2n) is 7.86. The van der Waals surface area contributed by atoms with Crippen LogP contribution in [0.15, 0.2) is 42.5 Å². The van der Waals surface area contributed by atoms with E-state index in [0.717, 1.165) is 18.4 Å². The fourth-order valence-electron chi connectivity index (χ4n) is 3.13. The predicted molar refractivity (Wildman–Crippen MR) is 115 cm³/mol. The molecule has 1 aliphatic carbocycles. The van der Waals surface area contributed by atoms with Crippen LogP contribution in [0.4, 0.5) is 4.39 Å². The number of ether oxygens (including phenoxy) is 1. The van der Waals surface area contributed by atoms with Crippen LogP contribution in [0.2, 0.25) is 0 Å². The van der Waals surface area contributed by atoms with Gasteiger partial charge in [0.25, 0.3) is 0 Å². The van der Waals surface area contributed by atoms with Crippen LogP contribution in [0, 0.1) is 11.7 Å². The zero-order valence-electron chi connectivity index (χ0n) is 17.3. The summed E-state index contributed by atoms with van der Waals surface area (Å²) >= 11 is 0. The van der Waals surface area contributed by atoms with Crippen LogP contribution in [0.1, 0.15) is 42.5 Å². The van der Waals surface area contributed by atoms with Crippen molar-refractivity contribution in [1.82, 2.24) is 10.0 Å². The van der Waals surface area contributed by atoms with Crippen LogP contribution in [0.5, 0.6) is 5.75 Å². The molecule has 31 heavy (non-hydrogen) atoms. The molecule has 1 fully saturated rings. The molecule has 1 aliphatic rings. The van der Waals surface area contributed by atoms with Gasteiger partial charge in [-0.2, -0.15) is 0 Å². The number of sulfonamides is 1. The van der Waals surface area contributed by atoms with Crippen LogP contribution in [-0.2, 0) is 27.1 Å². The number of carbonyl (C=O) groups is 1. The third kappa shape index (κ3) is 7.61. The van der Waals surface area contributed by atoms with Gasteiger partial charge in [0.2, 0.25) is 10.0 Å². The first kappa shape index (κ1) is 23.2. The largest absolute Gasteiger partial charge is 0.490 e. The third-order valence-electron chi connectivity index (χ3n) is 4.94. The lowest BCUT2D eigenvalue weighted by atomic mass is 10.1. The first-order valence-electron chi connectivity index (χ1n) is 10.1. The fourth-order valence-corrected chi connectivity index (χ4v) is 4.51. The molecule has 3 N–H and O–H groups in total. The first-order valence-corrected chi connectivity index (χ1v) is 11.8. The van der Waals surface area contributed by atoms with Gasteiger partial charge in [0.05, 0.1) is 18.9 Å². The summed E-state index contributed by atoms with van der Waals surface area (Å²) in [5, 5.41) is 11.5. The van der Waals surface area contributed by atoms with E-state index in [-0.39, 0.29) is 18.0 Å². The summed E-state index contributed by atoms with van der Waals surface area (Å²) in [6.45, 7) is 2.31. The van der Waals surface area contributed by atoms with Crippen molar-refractivity contribution in [2.24, 2.45) is 5.92 Å². The van der Waals surface area contributed by atoms with Crippen LogP contribution in [0.3, 0.4) is 0 Å². The SMILES string of the molecule is C[C@@H](NS(=O)(=O)Cc1cccc(CNCC(=O)O)c1)c1ccc(F)c(OCC2CC2)c1. The van der Waals surface area contributed by atoms with Gasteiger partial charge in [0, 0.05) is 12.6 Å². The normalized spacial score (nSPS) is 14.9. The number of hydrogen-bond acceptors (Lipinski definition) is 5. The molecule has 0 aromatic heterocycles. The van der Waals surface area contributed by atoms with Crippen molar-refractivity contribution in [2.45, 2.75) is 38.1 Å². The Balaban J connectivity index is 1.61. The number of carboxylic acid groups (broad SMARTS) is 1. The van der Waals surface area contributed by atoms with Gasteiger partial charge in [0.15, 0.2) is 11.6 Å². The smallest absolute Gasteiger partial charge is 0.317 e. The topological polar surface area (TPSA) is 105 Å². The minimum Gasteiger partial charge on any atom is -0.490 e. The second-order valence-corrected chi connectivity index (χ2v) is 9.61. The van der Waals surface area contributed by atoms with Gasteiger partial charge < -0.3 is 15.2 Å². The fraction of sp³-hybridized carbons (Fsp3) is 0.409. The lowest BCUT2D eigenvalue weighted by Gasteiger charge is -2.16. The second kappa shape index (κ2) is 10.2. The average Bonchev–Trinajstić information content (AvgIpc) is 3.51. The summed E-state index contributed by atoms with van der Waals surface area (Å²) in [4.78, 5) is 10.6. The number of carboxylic acids is 1. The van der Waals surface area contributed by atoms with Gasteiger partial charge in [-0.25, -0.2) is 17.5 Å². The Morgan fingerprint density at radius 2 is 1.97 bits per heavy atom. The van der Waals surface area contributed by atoms with E-state index in [2.05, 4.69) is 10.0 Å². The van der Waals surface area contributed by atoms with Crippen LogP contribution < -0.4 is 14.8 Å². The number of rotatable bonds is 12. The summed E-state index contributed by atoms with van der Waals surface area (Å²) in [7, 11) is -3.67. The molecule has 0 unspecified atom stereocenters. The molecule has 2 aromatic carbocycles.